The molecule has 1 aromatic heterocycles. The molecule has 0 aliphatic heterocycles. The van der Waals surface area contributed by atoms with Crippen molar-refractivity contribution in [3.8, 4) is 0 Å². The van der Waals surface area contributed by atoms with Crippen LogP contribution in [0.4, 0.5) is 0 Å². The summed E-state index contributed by atoms with van der Waals surface area (Å²) in [5.41, 5.74) is 2.08. The smallest absolute Gasteiger partial charge is 0.0262 e. The SMILES string of the molecule is CC.CC.CC.[CH2-]c1cccc2ccc3cccnc3c12.[CH3-].[CH3-].[Pd]. The van der Waals surface area contributed by atoms with E-state index in [1.807, 2.05) is 65.9 Å². The van der Waals surface area contributed by atoms with E-state index in [0.29, 0.717) is 0 Å². The first kappa shape index (κ1) is 30.5. The van der Waals surface area contributed by atoms with Crippen molar-refractivity contribution in [2.45, 2.75) is 41.5 Å². The number of aromatic nitrogens is 1. The summed E-state index contributed by atoms with van der Waals surface area (Å²) in [7, 11) is 0. The molecule has 3 aromatic rings. The Balaban J connectivity index is -0.000000203. The maximum Gasteiger partial charge on any atom is 0.0262 e. The van der Waals surface area contributed by atoms with Crippen LogP contribution in [-0.4, -0.2) is 4.98 Å². The molecule has 0 atom stereocenters. The number of pyridine rings is 1. The van der Waals surface area contributed by atoms with E-state index in [0.717, 1.165) is 16.5 Å². The van der Waals surface area contributed by atoms with Gasteiger partial charge >= 0.3 is 0 Å². The van der Waals surface area contributed by atoms with Crippen molar-refractivity contribution in [3.05, 3.63) is 76.0 Å². The third-order valence-electron chi connectivity index (χ3n) is 2.70. The van der Waals surface area contributed by atoms with Gasteiger partial charge in [-0.15, -0.1) is 6.07 Å². The van der Waals surface area contributed by atoms with Crippen LogP contribution in [0.1, 0.15) is 47.1 Å². The molecule has 0 fully saturated rings. The molecular formula is C22H34NPd-3. The van der Waals surface area contributed by atoms with Crippen LogP contribution in [0.3, 0.4) is 0 Å². The summed E-state index contributed by atoms with van der Waals surface area (Å²) < 4.78 is 0. The van der Waals surface area contributed by atoms with Crippen molar-refractivity contribution < 1.29 is 20.4 Å². The van der Waals surface area contributed by atoms with Crippen LogP contribution in [0, 0.1) is 21.8 Å². The first-order chi connectivity index (χ1) is 10.4. The summed E-state index contributed by atoms with van der Waals surface area (Å²) in [6.07, 6.45) is 1.83. The maximum atomic E-state index is 4.43. The molecule has 0 aliphatic rings. The minimum Gasteiger partial charge on any atom is -0.358 e. The Labute approximate surface area is 164 Å². The van der Waals surface area contributed by atoms with Gasteiger partial charge in [0.15, 0.2) is 0 Å². The first-order valence-electron chi connectivity index (χ1n) is 7.95. The molecule has 1 nitrogen and oxygen atoms in total. The normalized spacial score (nSPS) is 7.58. The molecular weight excluding hydrogens is 385 g/mol. The second-order valence-corrected chi connectivity index (χ2v) is 3.66. The van der Waals surface area contributed by atoms with Gasteiger partial charge in [0.1, 0.15) is 0 Å². The molecule has 0 amide bonds. The second kappa shape index (κ2) is 18.0. The fraction of sp³-hybridized carbons (Fsp3) is 0.273. The van der Waals surface area contributed by atoms with E-state index in [4.69, 9.17) is 0 Å². The topological polar surface area (TPSA) is 12.9 Å². The van der Waals surface area contributed by atoms with Crippen LogP contribution in [0.25, 0.3) is 21.7 Å². The molecule has 140 valence electrons. The zero-order chi connectivity index (χ0) is 16.3. The molecule has 0 unspecified atom stereocenters. The predicted octanol–water partition coefficient (Wildman–Crippen LogP) is 7.55. The number of hydrogen-bond donors (Lipinski definition) is 0. The average molecular weight is 419 g/mol. The Hall–Kier alpha value is -1.36. The van der Waals surface area contributed by atoms with Gasteiger partial charge < -0.3 is 14.9 Å². The van der Waals surface area contributed by atoms with E-state index in [1.165, 1.54) is 10.8 Å². The minimum atomic E-state index is 0. The largest absolute Gasteiger partial charge is 0.358 e. The average Bonchev–Trinajstić information content (AvgIpc) is 2.60. The van der Waals surface area contributed by atoms with Crippen LogP contribution >= 0.6 is 0 Å². The predicted molar refractivity (Wildman–Crippen MR) is 111 cm³/mol. The van der Waals surface area contributed by atoms with E-state index in [-0.39, 0.29) is 35.3 Å². The van der Waals surface area contributed by atoms with Crippen LogP contribution in [-0.2, 0) is 20.4 Å². The van der Waals surface area contributed by atoms with Crippen molar-refractivity contribution in [1.29, 1.82) is 0 Å². The number of fused-ring (bicyclic) bond motifs is 3. The Bertz CT molecular complexity index is 648. The fourth-order valence-electron chi connectivity index (χ4n) is 1.99. The molecule has 0 aliphatic carbocycles. The third kappa shape index (κ3) is 7.47. The number of nitrogens with zero attached hydrogens (tertiary/aromatic N) is 1. The molecule has 3 rings (SSSR count). The van der Waals surface area contributed by atoms with Crippen LogP contribution < -0.4 is 0 Å². The molecule has 2 heteroatoms. The summed E-state index contributed by atoms with van der Waals surface area (Å²) in [6, 6.07) is 14.4. The van der Waals surface area contributed by atoms with E-state index in [1.54, 1.807) is 0 Å². The van der Waals surface area contributed by atoms with E-state index < -0.39 is 0 Å². The van der Waals surface area contributed by atoms with Gasteiger partial charge in [-0.05, 0) is 11.5 Å². The van der Waals surface area contributed by atoms with Crippen molar-refractivity contribution in [2.75, 3.05) is 0 Å². The van der Waals surface area contributed by atoms with Gasteiger partial charge in [0.2, 0.25) is 0 Å². The molecule has 0 saturated carbocycles. The summed E-state index contributed by atoms with van der Waals surface area (Å²) in [5.74, 6) is 0. The first-order valence-corrected chi connectivity index (χ1v) is 7.95. The molecule has 0 bridgehead atoms. The minimum absolute atomic E-state index is 0. The maximum absolute atomic E-state index is 4.43. The quantitative estimate of drug-likeness (QED) is 0.208. The van der Waals surface area contributed by atoms with Crippen LogP contribution in [0.5, 0.6) is 0 Å². The van der Waals surface area contributed by atoms with Gasteiger partial charge in [-0.1, -0.05) is 76.6 Å². The molecule has 0 spiro atoms. The molecule has 2 aromatic carbocycles. The Morgan fingerprint density at radius 1 is 0.708 bits per heavy atom. The molecule has 0 saturated heterocycles. The molecule has 0 radical (unpaired) electrons. The monoisotopic (exact) mass is 418 g/mol. The summed E-state index contributed by atoms with van der Waals surface area (Å²) in [4.78, 5) is 4.43. The molecule has 1 heterocycles. The van der Waals surface area contributed by atoms with Crippen molar-refractivity contribution >= 4 is 21.7 Å². The van der Waals surface area contributed by atoms with Crippen LogP contribution in [0.2, 0.25) is 0 Å². The van der Waals surface area contributed by atoms with Gasteiger partial charge in [0.25, 0.3) is 0 Å². The van der Waals surface area contributed by atoms with Gasteiger partial charge in [0.05, 0.1) is 0 Å². The number of benzene rings is 2. The Morgan fingerprint density at radius 2 is 1.21 bits per heavy atom. The van der Waals surface area contributed by atoms with Crippen molar-refractivity contribution in [2.24, 2.45) is 0 Å². The third-order valence-corrected chi connectivity index (χ3v) is 2.70. The zero-order valence-corrected chi connectivity index (χ0v) is 18.1. The zero-order valence-electron chi connectivity index (χ0n) is 16.6. The van der Waals surface area contributed by atoms with Gasteiger partial charge in [0, 0.05) is 32.1 Å². The second-order valence-electron chi connectivity index (χ2n) is 3.66. The Morgan fingerprint density at radius 3 is 1.79 bits per heavy atom. The summed E-state index contributed by atoms with van der Waals surface area (Å²) >= 11 is 0. The van der Waals surface area contributed by atoms with E-state index >= 15 is 0 Å². The summed E-state index contributed by atoms with van der Waals surface area (Å²) in [5, 5.41) is 3.53. The summed E-state index contributed by atoms with van der Waals surface area (Å²) in [6.45, 7) is 16.1. The Kier molecular flexibility index (Phi) is 22.9. The number of hydrogen-bond acceptors (Lipinski definition) is 1. The molecule has 0 N–H and O–H groups in total. The standard InChI is InChI=1S/C14H10N.3C2H6.2CH3.Pd/c1-10-4-2-5-11-7-8-12-6-3-9-15-14(12)13(10)11;3*1-2;;;/h2-9H,1H2;3*1-2H3;2*1H3;/q-1;;;;2*-1;. The fourth-order valence-corrected chi connectivity index (χ4v) is 1.99. The van der Waals surface area contributed by atoms with Crippen LogP contribution in [0.15, 0.2) is 48.7 Å². The van der Waals surface area contributed by atoms with Crippen molar-refractivity contribution in [3.63, 3.8) is 0 Å². The van der Waals surface area contributed by atoms with Gasteiger partial charge in [-0.3, -0.25) is 4.98 Å². The number of rotatable bonds is 0. The van der Waals surface area contributed by atoms with Gasteiger partial charge in [-0.25, -0.2) is 0 Å². The van der Waals surface area contributed by atoms with E-state index in [9.17, 15) is 0 Å². The van der Waals surface area contributed by atoms with Gasteiger partial charge in [-0.2, -0.15) is 18.6 Å². The molecule has 24 heavy (non-hydrogen) atoms. The van der Waals surface area contributed by atoms with Crippen molar-refractivity contribution in [1.82, 2.24) is 4.98 Å². The van der Waals surface area contributed by atoms with E-state index in [2.05, 4.69) is 36.2 Å².